The fourth-order valence-electron chi connectivity index (χ4n) is 1.96. The minimum Gasteiger partial charge on any atom is -0.386 e. The Morgan fingerprint density at radius 1 is 1.76 bits per heavy atom. The Bertz CT molecular complexity index is 358. The van der Waals surface area contributed by atoms with Crippen molar-refractivity contribution >= 4 is 5.91 Å². The van der Waals surface area contributed by atoms with Gasteiger partial charge in [-0.2, -0.15) is 0 Å². The summed E-state index contributed by atoms with van der Waals surface area (Å²) in [6.45, 7) is 9.40. The Labute approximate surface area is 102 Å². The Morgan fingerprint density at radius 2 is 2.41 bits per heavy atom. The van der Waals surface area contributed by atoms with Gasteiger partial charge in [-0.15, -0.1) is 12.3 Å². The summed E-state index contributed by atoms with van der Waals surface area (Å²) < 4.78 is 5.10. The van der Waals surface area contributed by atoms with E-state index in [2.05, 4.69) is 18.9 Å². The maximum Gasteiger partial charge on any atom is 0.254 e. The van der Waals surface area contributed by atoms with Crippen LogP contribution in [0.3, 0.4) is 0 Å². The summed E-state index contributed by atoms with van der Waals surface area (Å²) >= 11 is 0. The van der Waals surface area contributed by atoms with Gasteiger partial charge in [0.15, 0.2) is 6.10 Å². The first kappa shape index (κ1) is 13.7. The molecule has 0 aromatic heterocycles. The Morgan fingerprint density at radius 3 is 2.88 bits per heavy atom. The van der Waals surface area contributed by atoms with Gasteiger partial charge in [0.25, 0.3) is 5.91 Å². The number of aliphatic hydroxyl groups excluding tert-OH is 1. The lowest BCUT2D eigenvalue weighted by Crippen LogP contribution is -2.69. The van der Waals surface area contributed by atoms with Crippen molar-refractivity contribution in [3.05, 3.63) is 30.5 Å². The van der Waals surface area contributed by atoms with Crippen molar-refractivity contribution in [1.82, 2.24) is 4.90 Å². The van der Waals surface area contributed by atoms with Crippen LogP contribution in [0.4, 0.5) is 0 Å². The van der Waals surface area contributed by atoms with Gasteiger partial charge in [-0.3, -0.25) is 4.79 Å². The molecule has 0 saturated carbocycles. The number of β-lactam (4-membered cyclic amide) rings is 1. The highest BCUT2D eigenvalue weighted by Crippen LogP contribution is 2.28. The van der Waals surface area contributed by atoms with E-state index in [4.69, 9.17) is 4.74 Å². The second kappa shape index (κ2) is 5.82. The SMILES string of the molecule is C=C=C(C)[C@@H](O)[C@H]1[C@@H](OC)C(=O)N1CCC=C. The van der Waals surface area contributed by atoms with Crippen molar-refractivity contribution in [3.63, 3.8) is 0 Å². The van der Waals surface area contributed by atoms with Gasteiger partial charge in [-0.1, -0.05) is 12.7 Å². The van der Waals surface area contributed by atoms with Gasteiger partial charge in [0.05, 0.1) is 6.04 Å². The lowest BCUT2D eigenvalue weighted by Gasteiger charge is -2.48. The second-order valence-corrected chi connectivity index (χ2v) is 4.06. The van der Waals surface area contributed by atoms with Crippen LogP contribution in [-0.4, -0.2) is 47.8 Å². The van der Waals surface area contributed by atoms with Gasteiger partial charge in [-0.25, -0.2) is 0 Å². The van der Waals surface area contributed by atoms with Crippen LogP contribution < -0.4 is 0 Å². The van der Waals surface area contributed by atoms with Crippen LogP contribution in [0.2, 0.25) is 0 Å². The molecule has 3 atom stereocenters. The van der Waals surface area contributed by atoms with Crippen molar-refractivity contribution in [2.45, 2.75) is 31.6 Å². The van der Waals surface area contributed by atoms with E-state index >= 15 is 0 Å². The summed E-state index contributed by atoms with van der Waals surface area (Å²) in [5.41, 5.74) is 3.27. The quantitative estimate of drug-likeness (QED) is 0.424. The molecule has 0 aliphatic carbocycles. The standard InChI is InChI=1S/C13H19NO3/c1-5-7-8-14-10(11(15)9(3)6-2)12(17-4)13(14)16/h5,10-12,15H,1-2,7-8H2,3-4H3/t10-,11+,12+/m0/s1. The summed E-state index contributed by atoms with van der Waals surface area (Å²) in [4.78, 5) is 13.3. The zero-order chi connectivity index (χ0) is 13.0. The number of nitrogens with zero attached hydrogens (tertiary/aromatic N) is 1. The molecule has 1 N–H and O–H groups in total. The molecule has 0 aromatic carbocycles. The third-order valence-corrected chi connectivity index (χ3v) is 3.07. The molecular weight excluding hydrogens is 218 g/mol. The molecule has 0 aromatic rings. The summed E-state index contributed by atoms with van der Waals surface area (Å²) in [6, 6.07) is -0.346. The number of carbonyl (C=O) groups is 1. The molecule has 1 rings (SSSR count). The number of ether oxygens (including phenoxy) is 1. The number of amides is 1. The zero-order valence-corrected chi connectivity index (χ0v) is 10.3. The first-order valence-corrected chi connectivity index (χ1v) is 5.57. The monoisotopic (exact) mass is 237 g/mol. The third kappa shape index (κ3) is 2.50. The average Bonchev–Trinajstić information content (AvgIpc) is 2.34. The molecule has 0 unspecified atom stereocenters. The fourth-order valence-corrected chi connectivity index (χ4v) is 1.96. The van der Waals surface area contributed by atoms with Crippen LogP contribution in [0.25, 0.3) is 0 Å². The maximum absolute atomic E-state index is 11.7. The molecule has 1 fully saturated rings. The van der Waals surface area contributed by atoms with E-state index in [0.717, 1.165) is 0 Å². The highest BCUT2D eigenvalue weighted by Gasteiger charge is 2.51. The Hall–Kier alpha value is -1.35. The first-order valence-electron chi connectivity index (χ1n) is 5.57. The van der Waals surface area contributed by atoms with E-state index in [1.807, 2.05) is 0 Å². The number of rotatable bonds is 6. The largest absolute Gasteiger partial charge is 0.386 e. The predicted molar refractivity (Wildman–Crippen MR) is 65.4 cm³/mol. The lowest BCUT2D eigenvalue weighted by atomic mass is 9.89. The molecule has 4 nitrogen and oxygen atoms in total. The molecule has 4 heteroatoms. The van der Waals surface area contributed by atoms with Gasteiger partial charge in [0.1, 0.15) is 6.10 Å². The third-order valence-electron chi connectivity index (χ3n) is 3.07. The Kier molecular flexibility index (Phi) is 4.70. The lowest BCUT2D eigenvalue weighted by molar-refractivity contribution is -0.178. The smallest absolute Gasteiger partial charge is 0.254 e. The van der Waals surface area contributed by atoms with E-state index in [-0.39, 0.29) is 11.9 Å². The molecule has 0 bridgehead atoms. The highest BCUT2D eigenvalue weighted by molar-refractivity contribution is 5.88. The first-order chi connectivity index (χ1) is 8.08. The number of hydrogen-bond acceptors (Lipinski definition) is 3. The van der Waals surface area contributed by atoms with Gasteiger partial charge in [-0.05, 0) is 18.9 Å². The predicted octanol–water partition coefficient (Wildman–Crippen LogP) is 0.880. The fraction of sp³-hybridized carbons (Fsp3) is 0.538. The average molecular weight is 237 g/mol. The highest BCUT2D eigenvalue weighted by atomic mass is 16.5. The van der Waals surface area contributed by atoms with E-state index in [9.17, 15) is 9.90 Å². The van der Waals surface area contributed by atoms with Crippen LogP contribution in [0.1, 0.15) is 13.3 Å². The minimum absolute atomic E-state index is 0.0877. The molecule has 94 valence electrons. The topological polar surface area (TPSA) is 49.8 Å². The van der Waals surface area contributed by atoms with E-state index in [1.54, 1.807) is 17.9 Å². The van der Waals surface area contributed by atoms with Gasteiger partial charge < -0.3 is 14.7 Å². The second-order valence-electron chi connectivity index (χ2n) is 4.06. The number of carbonyl (C=O) groups excluding carboxylic acids is 1. The number of methoxy groups -OCH3 is 1. The molecule has 1 aliphatic heterocycles. The van der Waals surface area contributed by atoms with Crippen LogP contribution in [0, 0.1) is 0 Å². The van der Waals surface area contributed by atoms with E-state index < -0.39 is 12.2 Å². The number of aliphatic hydroxyl groups is 1. The van der Waals surface area contributed by atoms with Gasteiger partial charge in [0, 0.05) is 13.7 Å². The van der Waals surface area contributed by atoms with Crippen molar-refractivity contribution in [2.75, 3.05) is 13.7 Å². The molecule has 1 amide bonds. The zero-order valence-electron chi connectivity index (χ0n) is 10.3. The van der Waals surface area contributed by atoms with Crippen LogP contribution in [0.15, 0.2) is 30.5 Å². The minimum atomic E-state index is -0.778. The van der Waals surface area contributed by atoms with Gasteiger partial charge >= 0.3 is 0 Å². The van der Waals surface area contributed by atoms with Crippen LogP contribution in [-0.2, 0) is 9.53 Å². The number of hydrogen-bond donors (Lipinski definition) is 1. The Balaban J connectivity index is 2.80. The normalized spacial score (nSPS) is 24.9. The van der Waals surface area contributed by atoms with Gasteiger partial charge in [0.2, 0.25) is 0 Å². The van der Waals surface area contributed by atoms with Crippen molar-refractivity contribution in [2.24, 2.45) is 0 Å². The molecule has 1 aliphatic rings. The molecular formula is C13H19NO3. The van der Waals surface area contributed by atoms with Crippen molar-refractivity contribution < 1.29 is 14.6 Å². The molecule has 0 radical (unpaired) electrons. The molecule has 17 heavy (non-hydrogen) atoms. The molecule has 1 saturated heterocycles. The summed E-state index contributed by atoms with van der Waals surface area (Å²) in [6.07, 6.45) is 1.09. The van der Waals surface area contributed by atoms with Crippen LogP contribution >= 0.6 is 0 Å². The van der Waals surface area contributed by atoms with Crippen molar-refractivity contribution in [3.8, 4) is 0 Å². The van der Waals surface area contributed by atoms with Crippen molar-refractivity contribution in [1.29, 1.82) is 0 Å². The summed E-state index contributed by atoms with van der Waals surface area (Å²) in [5.74, 6) is -0.0877. The molecule has 1 heterocycles. The number of likely N-dealkylation sites (tertiary alicyclic amines) is 1. The van der Waals surface area contributed by atoms with Crippen LogP contribution in [0.5, 0.6) is 0 Å². The molecule has 0 spiro atoms. The summed E-state index contributed by atoms with van der Waals surface area (Å²) in [7, 11) is 1.47. The maximum atomic E-state index is 11.7. The summed E-state index contributed by atoms with van der Waals surface area (Å²) in [5, 5.41) is 10.1. The van der Waals surface area contributed by atoms with E-state index in [0.29, 0.717) is 18.5 Å². The van der Waals surface area contributed by atoms with E-state index in [1.165, 1.54) is 7.11 Å².